The van der Waals surface area contributed by atoms with E-state index in [9.17, 15) is 4.79 Å². The van der Waals surface area contributed by atoms with Crippen LogP contribution in [0.15, 0.2) is 84.0 Å². The highest BCUT2D eigenvalue weighted by Crippen LogP contribution is 2.37. The Hall–Kier alpha value is -3.78. The van der Waals surface area contributed by atoms with E-state index >= 15 is 0 Å². The number of carbonyl (C=O) groups is 1. The third-order valence-corrected chi connectivity index (χ3v) is 6.90. The van der Waals surface area contributed by atoms with Gasteiger partial charge in [-0.3, -0.25) is 4.79 Å². The van der Waals surface area contributed by atoms with Gasteiger partial charge in [0.2, 0.25) is 11.1 Å². The van der Waals surface area contributed by atoms with Gasteiger partial charge in [0.1, 0.15) is 17.6 Å². The quantitative estimate of drug-likeness (QED) is 0.418. The van der Waals surface area contributed by atoms with Crippen LogP contribution in [-0.2, 0) is 11.4 Å². The van der Waals surface area contributed by atoms with Crippen molar-refractivity contribution in [3.05, 3.63) is 101 Å². The van der Waals surface area contributed by atoms with Crippen molar-refractivity contribution >= 4 is 23.4 Å². The molecule has 5 rings (SSSR count). The summed E-state index contributed by atoms with van der Waals surface area (Å²) in [6.07, 6.45) is 0. The largest absolute Gasteiger partial charge is 0.486 e. The highest BCUT2D eigenvalue weighted by atomic mass is 32.2. The standard InChI is InChI=1S/C26H25N5O2S/c1-17-13-14-18(2)21(15-17)27-25(32)24-23(19-9-5-3-6-10-19)30-31-22(28-29-26(31)34-24)16-33-20-11-7-4-8-12-20/h3-15,23-24,30H,16H2,1-2H3,(H,27,32)/t23-,24-/m1/s1. The van der Waals surface area contributed by atoms with Crippen molar-refractivity contribution in [3.8, 4) is 5.75 Å². The van der Waals surface area contributed by atoms with Crippen molar-refractivity contribution in [2.45, 2.75) is 36.9 Å². The minimum atomic E-state index is -0.443. The molecule has 2 atom stereocenters. The monoisotopic (exact) mass is 471 g/mol. The molecular weight excluding hydrogens is 446 g/mol. The molecule has 0 bridgehead atoms. The number of para-hydroxylation sites is 1. The molecule has 0 fully saturated rings. The molecule has 0 unspecified atom stereocenters. The van der Waals surface area contributed by atoms with Gasteiger partial charge in [0.15, 0.2) is 5.82 Å². The molecule has 2 heterocycles. The lowest BCUT2D eigenvalue weighted by molar-refractivity contribution is -0.116. The van der Waals surface area contributed by atoms with Gasteiger partial charge in [-0.15, -0.1) is 10.2 Å². The lowest BCUT2D eigenvalue weighted by Crippen LogP contribution is -2.41. The summed E-state index contributed by atoms with van der Waals surface area (Å²) in [5.74, 6) is 1.31. The maximum Gasteiger partial charge on any atom is 0.240 e. The Balaban J connectivity index is 1.42. The highest BCUT2D eigenvalue weighted by molar-refractivity contribution is 8.00. The summed E-state index contributed by atoms with van der Waals surface area (Å²) < 4.78 is 7.71. The van der Waals surface area contributed by atoms with Gasteiger partial charge in [-0.25, -0.2) is 4.68 Å². The van der Waals surface area contributed by atoms with Crippen molar-refractivity contribution in [2.24, 2.45) is 0 Å². The zero-order chi connectivity index (χ0) is 23.5. The molecular formula is C26H25N5O2S. The minimum absolute atomic E-state index is 0.0867. The Morgan fingerprint density at radius 1 is 1.03 bits per heavy atom. The Kier molecular flexibility index (Phi) is 6.22. The van der Waals surface area contributed by atoms with E-state index in [-0.39, 0.29) is 18.6 Å². The SMILES string of the molecule is Cc1ccc(C)c(NC(=O)[C@@H]2Sc3nnc(COc4ccccc4)n3N[C@@H]2c2ccccc2)c1. The number of amides is 1. The number of hydrogen-bond acceptors (Lipinski definition) is 6. The van der Waals surface area contributed by atoms with Crippen LogP contribution in [0.4, 0.5) is 5.69 Å². The molecule has 1 aliphatic heterocycles. The number of anilines is 1. The van der Waals surface area contributed by atoms with Crippen molar-refractivity contribution in [1.29, 1.82) is 0 Å². The van der Waals surface area contributed by atoms with Crippen LogP contribution in [0.25, 0.3) is 0 Å². The number of aryl methyl sites for hydroxylation is 2. The summed E-state index contributed by atoms with van der Waals surface area (Å²) in [4.78, 5) is 13.5. The average molecular weight is 472 g/mol. The Morgan fingerprint density at radius 3 is 2.53 bits per heavy atom. The number of fused-ring (bicyclic) bond motifs is 1. The number of thioether (sulfide) groups is 1. The first-order valence-corrected chi connectivity index (χ1v) is 11.9. The molecule has 1 aliphatic rings. The van der Waals surface area contributed by atoms with Gasteiger partial charge < -0.3 is 15.5 Å². The smallest absolute Gasteiger partial charge is 0.240 e. The molecule has 7 nitrogen and oxygen atoms in total. The molecule has 172 valence electrons. The van der Waals surface area contributed by atoms with Gasteiger partial charge >= 0.3 is 0 Å². The summed E-state index contributed by atoms with van der Waals surface area (Å²) in [5, 5.41) is 11.9. The predicted molar refractivity (Wildman–Crippen MR) is 134 cm³/mol. The fraction of sp³-hybridized carbons (Fsp3) is 0.192. The first kappa shape index (κ1) is 22.0. The van der Waals surface area contributed by atoms with Crippen LogP contribution < -0.4 is 15.5 Å². The first-order chi connectivity index (χ1) is 16.6. The molecule has 1 aromatic heterocycles. The van der Waals surface area contributed by atoms with Crippen LogP contribution in [0.5, 0.6) is 5.75 Å². The zero-order valence-corrected chi connectivity index (χ0v) is 19.8. The van der Waals surface area contributed by atoms with Gasteiger partial charge in [0.05, 0.1) is 6.04 Å². The molecule has 0 aliphatic carbocycles. The van der Waals surface area contributed by atoms with Crippen molar-refractivity contribution in [2.75, 3.05) is 10.7 Å². The number of rotatable bonds is 6. The summed E-state index contributed by atoms with van der Waals surface area (Å²) in [7, 11) is 0. The molecule has 1 amide bonds. The topological polar surface area (TPSA) is 81.1 Å². The van der Waals surface area contributed by atoms with E-state index in [1.54, 1.807) is 0 Å². The van der Waals surface area contributed by atoms with E-state index in [0.717, 1.165) is 28.1 Å². The third kappa shape index (κ3) is 4.63. The molecule has 8 heteroatoms. The molecule has 0 spiro atoms. The number of carbonyl (C=O) groups excluding carboxylic acids is 1. The molecule has 0 saturated carbocycles. The second-order valence-electron chi connectivity index (χ2n) is 8.20. The Morgan fingerprint density at radius 2 is 1.76 bits per heavy atom. The van der Waals surface area contributed by atoms with E-state index in [1.807, 2.05) is 97.4 Å². The van der Waals surface area contributed by atoms with E-state index in [4.69, 9.17) is 4.74 Å². The van der Waals surface area contributed by atoms with Crippen LogP contribution in [0.2, 0.25) is 0 Å². The van der Waals surface area contributed by atoms with Crippen LogP contribution in [-0.4, -0.2) is 26.0 Å². The number of hydrogen-bond donors (Lipinski definition) is 2. The Bertz CT molecular complexity index is 1290. The van der Waals surface area contributed by atoms with Crippen molar-refractivity contribution in [3.63, 3.8) is 0 Å². The number of ether oxygens (including phenoxy) is 1. The molecule has 0 saturated heterocycles. The highest BCUT2D eigenvalue weighted by Gasteiger charge is 2.38. The molecule has 0 radical (unpaired) electrons. The summed E-state index contributed by atoms with van der Waals surface area (Å²) in [6, 6.07) is 25.3. The van der Waals surface area contributed by atoms with E-state index < -0.39 is 5.25 Å². The Labute approximate surface area is 202 Å². The summed E-state index contributed by atoms with van der Waals surface area (Å²) >= 11 is 1.40. The second kappa shape index (κ2) is 9.61. The van der Waals surface area contributed by atoms with Crippen LogP contribution in [0.1, 0.15) is 28.6 Å². The van der Waals surface area contributed by atoms with E-state index in [1.165, 1.54) is 11.8 Å². The fourth-order valence-electron chi connectivity index (χ4n) is 3.84. The maximum absolute atomic E-state index is 13.5. The lowest BCUT2D eigenvalue weighted by Gasteiger charge is -2.33. The zero-order valence-electron chi connectivity index (χ0n) is 18.9. The van der Waals surface area contributed by atoms with Crippen molar-refractivity contribution < 1.29 is 9.53 Å². The summed E-state index contributed by atoms with van der Waals surface area (Å²) in [5.41, 5.74) is 7.41. The van der Waals surface area contributed by atoms with E-state index in [0.29, 0.717) is 11.0 Å². The van der Waals surface area contributed by atoms with Gasteiger partial charge in [0.25, 0.3) is 0 Å². The minimum Gasteiger partial charge on any atom is -0.486 e. The van der Waals surface area contributed by atoms with Gasteiger partial charge in [-0.1, -0.05) is 72.4 Å². The fourth-order valence-corrected chi connectivity index (χ4v) is 4.94. The van der Waals surface area contributed by atoms with Gasteiger partial charge in [-0.2, -0.15) is 0 Å². The average Bonchev–Trinajstić information content (AvgIpc) is 3.27. The molecule has 4 aromatic rings. The molecule has 2 N–H and O–H groups in total. The first-order valence-electron chi connectivity index (χ1n) is 11.1. The number of nitrogens with one attached hydrogen (secondary N) is 2. The number of nitrogens with zero attached hydrogens (tertiary/aromatic N) is 3. The van der Waals surface area contributed by atoms with Crippen LogP contribution in [0, 0.1) is 13.8 Å². The normalized spacial score (nSPS) is 16.9. The van der Waals surface area contributed by atoms with Gasteiger partial charge in [-0.05, 0) is 48.7 Å². The number of aromatic nitrogens is 3. The van der Waals surface area contributed by atoms with Crippen LogP contribution >= 0.6 is 11.8 Å². The maximum atomic E-state index is 13.5. The molecule has 3 aromatic carbocycles. The van der Waals surface area contributed by atoms with Crippen molar-refractivity contribution in [1.82, 2.24) is 14.9 Å². The van der Waals surface area contributed by atoms with Crippen LogP contribution in [0.3, 0.4) is 0 Å². The number of benzene rings is 3. The van der Waals surface area contributed by atoms with Gasteiger partial charge in [0, 0.05) is 5.69 Å². The second-order valence-corrected chi connectivity index (χ2v) is 9.31. The lowest BCUT2D eigenvalue weighted by atomic mass is 10.0. The molecule has 34 heavy (non-hydrogen) atoms. The third-order valence-electron chi connectivity index (χ3n) is 5.68. The summed E-state index contributed by atoms with van der Waals surface area (Å²) in [6.45, 7) is 4.26. The van der Waals surface area contributed by atoms with E-state index in [2.05, 4.69) is 20.9 Å². The predicted octanol–water partition coefficient (Wildman–Crippen LogP) is 4.87.